The van der Waals surface area contributed by atoms with Crippen LogP contribution in [0.25, 0.3) is 5.57 Å². The maximum Gasteiger partial charge on any atom is 0.488 e. The van der Waals surface area contributed by atoms with Crippen LogP contribution < -0.4 is 21.1 Å². The molecule has 0 fully saturated rings. The van der Waals surface area contributed by atoms with E-state index < -0.39 is 45.3 Å². The minimum absolute atomic E-state index is 0.198. The van der Waals surface area contributed by atoms with Crippen molar-refractivity contribution in [3.05, 3.63) is 232 Å². The highest BCUT2D eigenvalue weighted by Crippen LogP contribution is 2.48. The molecule has 0 bridgehead atoms. The van der Waals surface area contributed by atoms with Crippen LogP contribution in [0.3, 0.4) is 0 Å². The number of para-hydroxylation sites is 2. The lowest BCUT2D eigenvalue weighted by atomic mass is 9.77. The summed E-state index contributed by atoms with van der Waals surface area (Å²) < 4.78 is 69.2. The molecule has 0 spiro atoms. The molecule has 1 amide bonds. The Morgan fingerprint density at radius 3 is 1.71 bits per heavy atom. The number of hydrogen-bond donors (Lipinski definition) is 7. The quantitative estimate of drug-likeness (QED) is 0.00600. The lowest BCUT2D eigenvalue weighted by Crippen LogP contribution is -2.36. The molecule has 6 aromatic rings. The molecule has 2 aliphatic heterocycles. The molecule has 2 aliphatic rings. The zero-order valence-electron chi connectivity index (χ0n) is 50.3. The van der Waals surface area contributed by atoms with Gasteiger partial charge in [0.1, 0.15) is 6.54 Å². The SMILES string of the molecule is C=C(C)C(=O)NCCCN(Cc1ccc(CN(Cc2ccc(C(C=CC3=[N+](CCCS(=O)(=O)O)c4ccccc4C3(C)C)=CC=C3N(CCCS(=O)(=O)O)c4ccccc4C3(C)C)cc2)Cc2ccccc2B(O)O)cc1)Cc1ccccc1B(O)O. The van der Waals surface area contributed by atoms with Gasteiger partial charge in [-0.25, -0.2) is 0 Å². The first-order chi connectivity index (χ1) is 41.3. The number of amides is 1. The summed E-state index contributed by atoms with van der Waals surface area (Å²) in [7, 11) is -11.7. The zero-order valence-corrected chi connectivity index (χ0v) is 51.9. The van der Waals surface area contributed by atoms with Crippen molar-refractivity contribution in [1.29, 1.82) is 0 Å². The van der Waals surface area contributed by atoms with Crippen molar-refractivity contribution in [2.75, 3.05) is 42.6 Å². The lowest BCUT2D eigenvalue weighted by Gasteiger charge is -2.27. The van der Waals surface area contributed by atoms with Crippen molar-refractivity contribution < 1.29 is 55.4 Å². The van der Waals surface area contributed by atoms with E-state index in [4.69, 9.17) is 0 Å². The molecule has 87 heavy (non-hydrogen) atoms. The van der Waals surface area contributed by atoms with Crippen molar-refractivity contribution in [1.82, 2.24) is 15.1 Å². The minimum Gasteiger partial charge on any atom is -0.423 e. The zero-order chi connectivity index (χ0) is 62.7. The molecule has 8 rings (SSSR count). The Labute approximate surface area is 514 Å². The van der Waals surface area contributed by atoms with E-state index in [1.807, 2.05) is 60.7 Å². The highest BCUT2D eigenvalue weighted by atomic mass is 32.2. The van der Waals surface area contributed by atoms with Crippen LogP contribution in [0.15, 0.2) is 188 Å². The lowest BCUT2D eigenvalue weighted by molar-refractivity contribution is -0.437. The second-order valence-electron chi connectivity index (χ2n) is 23.7. The number of carbonyl (C=O) groups is 1. The molecule has 0 unspecified atom stereocenters. The first-order valence-corrected chi connectivity index (χ1v) is 32.6. The third-order valence-corrected chi connectivity index (χ3v) is 17.9. The smallest absolute Gasteiger partial charge is 0.423 e. The van der Waals surface area contributed by atoms with Gasteiger partial charge in [-0.2, -0.15) is 21.4 Å². The standard InChI is InChI=1S/C67H79B2N5O11S2/c1-49(2)65(75)70-38-15-39-71(47-55-18-7-11-22-59(55)68(76)77)44-50-26-28-51(29-27-50)45-72(48-56-19-8-12-23-60(56)69(78)79)46-52-30-32-53(33-31-52)54(34-36-63-66(3,4)57-20-9-13-24-61(57)73(63)40-16-42-86(80,81)82)35-37-64-67(5,6)58-21-10-14-25-62(58)74(64)41-17-43-87(83,84)85/h7-14,18-37,76-79H,1,15-17,38-48H2,2-6H3,(H2-,70,75,80,81,82,83,84,85)/p+1. The Hall–Kier alpha value is -7.07. The summed E-state index contributed by atoms with van der Waals surface area (Å²) in [6, 6.07) is 47.3. The molecule has 0 saturated heterocycles. The van der Waals surface area contributed by atoms with E-state index >= 15 is 0 Å². The summed E-state index contributed by atoms with van der Waals surface area (Å²) in [6.07, 6.45) is 9.34. The molecule has 16 nitrogen and oxygen atoms in total. The number of carbonyl (C=O) groups excluding carboxylic acids is 1. The van der Waals surface area contributed by atoms with Gasteiger partial charge >= 0.3 is 14.2 Å². The largest absolute Gasteiger partial charge is 0.488 e. The molecule has 0 aromatic heterocycles. The van der Waals surface area contributed by atoms with Crippen molar-refractivity contribution >= 4 is 74.0 Å². The third-order valence-electron chi connectivity index (χ3n) is 16.3. The molecular formula is C67H80B2N5O11S2+. The fourth-order valence-corrected chi connectivity index (χ4v) is 12.9. The van der Waals surface area contributed by atoms with Gasteiger partial charge in [-0.3, -0.25) is 23.7 Å². The number of hydrogen-bond acceptors (Lipinski definition) is 12. The first-order valence-electron chi connectivity index (χ1n) is 29.3. The topological polar surface area (TPSA) is 231 Å². The summed E-state index contributed by atoms with van der Waals surface area (Å²) in [5.41, 5.74) is 12.6. The van der Waals surface area contributed by atoms with Crippen LogP contribution >= 0.6 is 0 Å². The molecule has 0 aliphatic carbocycles. The number of allylic oxidation sites excluding steroid dienone is 6. The minimum atomic E-state index is -4.20. The maximum absolute atomic E-state index is 12.2. The van der Waals surface area contributed by atoms with Crippen LogP contribution in [0.1, 0.15) is 98.4 Å². The van der Waals surface area contributed by atoms with Crippen molar-refractivity contribution in [2.24, 2.45) is 0 Å². The van der Waals surface area contributed by atoms with Crippen molar-refractivity contribution in [3.8, 4) is 0 Å². The summed E-state index contributed by atoms with van der Waals surface area (Å²) in [5, 5.41) is 44.2. The van der Waals surface area contributed by atoms with Gasteiger partial charge in [0, 0.05) is 98.9 Å². The molecule has 20 heteroatoms. The second-order valence-corrected chi connectivity index (χ2v) is 26.8. The average Bonchev–Trinajstić information content (AvgIpc) is 1.70. The molecule has 456 valence electrons. The fraction of sp³-hybridized carbons (Fsp3) is 0.313. The maximum atomic E-state index is 12.2. The van der Waals surface area contributed by atoms with Gasteiger partial charge in [0.2, 0.25) is 11.6 Å². The molecular weight excluding hydrogens is 1140 g/mol. The van der Waals surface area contributed by atoms with E-state index in [2.05, 4.69) is 144 Å². The van der Waals surface area contributed by atoms with Crippen LogP contribution in [0.2, 0.25) is 0 Å². The number of nitrogens with zero attached hydrogens (tertiary/aromatic N) is 4. The van der Waals surface area contributed by atoms with Gasteiger partial charge in [-0.1, -0.05) is 160 Å². The summed E-state index contributed by atoms with van der Waals surface area (Å²) in [5.74, 6) is -0.971. The monoisotopic (exact) mass is 1220 g/mol. The van der Waals surface area contributed by atoms with E-state index in [0.29, 0.717) is 81.8 Å². The van der Waals surface area contributed by atoms with Gasteiger partial charge in [0.15, 0.2) is 5.71 Å². The Bertz CT molecular complexity index is 3790. The van der Waals surface area contributed by atoms with E-state index in [-0.39, 0.29) is 30.3 Å². The molecule has 0 atom stereocenters. The number of benzene rings is 6. The second kappa shape index (κ2) is 28.8. The van der Waals surface area contributed by atoms with Gasteiger partial charge in [-0.05, 0) is 107 Å². The van der Waals surface area contributed by atoms with Gasteiger partial charge < -0.3 is 30.3 Å². The normalized spacial score (nSPS) is 15.2. The number of nitrogens with one attached hydrogen (secondary N) is 1. The summed E-state index contributed by atoms with van der Waals surface area (Å²) in [6.45, 7) is 18.1. The van der Waals surface area contributed by atoms with E-state index in [1.165, 1.54) is 0 Å². The summed E-state index contributed by atoms with van der Waals surface area (Å²) >= 11 is 0. The van der Waals surface area contributed by atoms with Gasteiger partial charge in [0.25, 0.3) is 20.2 Å². The van der Waals surface area contributed by atoms with E-state index in [0.717, 1.165) is 72.9 Å². The molecule has 0 radical (unpaired) electrons. The highest BCUT2D eigenvalue weighted by Gasteiger charge is 2.44. The van der Waals surface area contributed by atoms with Gasteiger partial charge in [-0.15, -0.1) is 0 Å². The Morgan fingerprint density at radius 1 is 0.632 bits per heavy atom. The molecule has 2 heterocycles. The van der Waals surface area contributed by atoms with Crippen LogP contribution in [0.4, 0.5) is 11.4 Å². The Balaban J connectivity index is 1.12. The summed E-state index contributed by atoms with van der Waals surface area (Å²) in [4.78, 5) is 18.8. The molecule has 7 N–H and O–H groups in total. The van der Waals surface area contributed by atoms with Crippen molar-refractivity contribution in [3.63, 3.8) is 0 Å². The van der Waals surface area contributed by atoms with Gasteiger partial charge in [0.05, 0.1) is 16.9 Å². The highest BCUT2D eigenvalue weighted by molar-refractivity contribution is 7.86. The van der Waals surface area contributed by atoms with E-state index in [9.17, 15) is 50.8 Å². The number of fused-ring (bicyclic) bond motifs is 2. The first kappa shape index (κ1) is 65.9. The molecule has 0 saturated carbocycles. The predicted octanol–water partition coefficient (Wildman–Crippen LogP) is 7.59. The molecule has 6 aromatic carbocycles. The Kier molecular flexibility index (Phi) is 21.8. The number of anilines is 1. The third kappa shape index (κ3) is 17.4. The predicted molar refractivity (Wildman–Crippen MR) is 348 cm³/mol. The van der Waals surface area contributed by atoms with Crippen LogP contribution in [-0.4, -0.2) is 124 Å². The van der Waals surface area contributed by atoms with Crippen LogP contribution in [0, 0.1) is 0 Å². The van der Waals surface area contributed by atoms with Crippen LogP contribution in [0.5, 0.6) is 0 Å². The average molecular weight is 1220 g/mol. The fourth-order valence-electron chi connectivity index (χ4n) is 11.9. The Morgan fingerprint density at radius 2 is 1.14 bits per heavy atom. The van der Waals surface area contributed by atoms with Crippen LogP contribution in [-0.2, 0) is 68.6 Å². The van der Waals surface area contributed by atoms with E-state index in [1.54, 1.807) is 31.2 Å². The van der Waals surface area contributed by atoms with Crippen molar-refractivity contribution in [2.45, 2.75) is 97.4 Å². The number of rotatable bonds is 29.